The van der Waals surface area contributed by atoms with Crippen LogP contribution < -0.4 is 4.74 Å². The van der Waals surface area contributed by atoms with Crippen molar-refractivity contribution >= 4 is 16.7 Å². The van der Waals surface area contributed by atoms with Crippen molar-refractivity contribution < 1.29 is 14.3 Å². The lowest BCUT2D eigenvalue weighted by molar-refractivity contribution is -0.139. The predicted molar refractivity (Wildman–Crippen MR) is 75.2 cm³/mol. The molecule has 0 aliphatic heterocycles. The standard InChI is InChI=1S/C16H16O3/c1-4-19-16(17)11(2)12-5-6-14-10-15(18-3)8-7-13(14)9-12/h4-11H,1H2,2-3H3/t11-/m0/s1. The van der Waals surface area contributed by atoms with Gasteiger partial charge in [0.05, 0.1) is 19.3 Å². The number of hydrogen-bond acceptors (Lipinski definition) is 3. The quantitative estimate of drug-likeness (QED) is 0.619. The molecule has 0 saturated carbocycles. The zero-order chi connectivity index (χ0) is 13.8. The molecule has 2 rings (SSSR count). The zero-order valence-corrected chi connectivity index (χ0v) is 11.1. The van der Waals surface area contributed by atoms with Gasteiger partial charge in [0.15, 0.2) is 0 Å². The van der Waals surface area contributed by atoms with Crippen LogP contribution in [0.4, 0.5) is 0 Å². The monoisotopic (exact) mass is 256 g/mol. The molecule has 0 aromatic heterocycles. The van der Waals surface area contributed by atoms with Crippen LogP contribution in [0, 0.1) is 0 Å². The van der Waals surface area contributed by atoms with E-state index < -0.39 is 0 Å². The molecule has 0 aliphatic carbocycles. The second kappa shape index (κ2) is 5.57. The van der Waals surface area contributed by atoms with Gasteiger partial charge < -0.3 is 9.47 Å². The van der Waals surface area contributed by atoms with Crippen LogP contribution in [0.5, 0.6) is 5.75 Å². The van der Waals surface area contributed by atoms with E-state index in [-0.39, 0.29) is 11.9 Å². The third-order valence-electron chi connectivity index (χ3n) is 3.12. The van der Waals surface area contributed by atoms with E-state index in [1.807, 2.05) is 43.3 Å². The second-order valence-electron chi connectivity index (χ2n) is 4.30. The van der Waals surface area contributed by atoms with Gasteiger partial charge in [0, 0.05) is 0 Å². The van der Waals surface area contributed by atoms with E-state index in [0.717, 1.165) is 28.3 Å². The molecular weight excluding hydrogens is 240 g/mol. The smallest absolute Gasteiger partial charge is 0.317 e. The lowest BCUT2D eigenvalue weighted by Crippen LogP contribution is -2.10. The van der Waals surface area contributed by atoms with Crippen molar-refractivity contribution in [2.45, 2.75) is 12.8 Å². The highest BCUT2D eigenvalue weighted by Gasteiger charge is 2.16. The molecule has 0 saturated heterocycles. The molecule has 0 bridgehead atoms. The molecule has 0 heterocycles. The van der Waals surface area contributed by atoms with E-state index in [9.17, 15) is 4.79 Å². The van der Waals surface area contributed by atoms with Crippen molar-refractivity contribution in [2.75, 3.05) is 7.11 Å². The van der Waals surface area contributed by atoms with Gasteiger partial charge in [-0.15, -0.1) is 0 Å². The predicted octanol–water partition coefficient (Wildman–Crippen LogP) is 3.64. The number of fused-ring (bicyclic) bond motifs is 1. The molecule has 19 heavy (non-hydrogen) atoms. The molecule has 0 radical (unpaired) electrons. The number of methoxy groups -OCH3 is 1. The first-order chi connectivity index (χ1) is 9.15. The molecule has 0 aliphatic rings. The molecule has 0 spiro atoms. The molecular formula is C16H16O3. The summed E-state index contributed by atoms with van der Waals surface area (Å²) >= 11 is 0. The largest absolute Gasteiger partial charge is 0.497 e. The Labute approximate surface area is 112 Å². The number of ether oxygens (including phenoxy) is 2. The highest BCUT2D eigenvalue weighted by atomic mass is 16.5. The van der Waals surface area contributed by atoms with Crippen LogP contribution >= 0.6 is 0 Å². The van der Waals surface area contributed by atoms with Gasteiger partial charge in [-0.2, -0.15) is 0 Å². The van der Waals surface area contributed by atoms with Crippen LogP contribution in [-0.4, -0.2) is 13.1 Å². The number of rotatable bonds is 4. The average molecular weight is 256 g/mol. The Kier molecular flexibility index (Phi) is 3.85. The maximum atomic E-state index is 11.7. The van der Waals surface area contributed by atoms with Crippen molar-refractivity contribution in [1.82, 2.24) is 0 Å². The van der Waals surface area contributed by atoms with E-state index in [4.69, 9.17) is 9.47 Å². The van der Waals surface area contributed by atoms with Crippen molar-refractivity contribution in [1.29, 1.82) is 0 Å². The molecule has 2 aromatic carbocycles. The molecule has 1 atom stereocenters. The minimum absolute atomic E-state index is 0.303. The third kappa shape index (κ3) is 2.76. The Hall–Kier alpha value is -2.29. The number of carbonyl (C=O) groups excluding carboxylic acids is 1. The van der Waals surface area contributed by atoms with E-state index in [1.54, 1.807) is 7.11 Å². The Morgan fingerprint density at radius 1 is 1.21 bits per heavy atom. The summed E-state index contributed by atoms with van der Waals surface area (Å²) in [5.41, 5.74) is 0.921. The summed E-state index contributed by atoms with van der Waals surface area (Å²) in [6, 6.07) is 11.7. The van der Waals surface area contributed by atoms with Crippen LogP contribution in [0.2, 0.25) is 0 Å². The number of hydrogen-bond donors (Lipinski definition) is 0. The van der Waals surface area contributed by atoms with Crippen molar-refractivity contribution in [3.63, 3.8) is 0 Å². The molecule has 3 heteroatoms. The minimum atomic E-state index is -0.315. The Morgan fingerprint density at radius 3 is 2.58 bits per heavy atom. The van der Waals surface area contributed by atoms with E-state index in [0.29, 0.717) is 0 Å². The molecule has 0 unspecified atom stereocenters. The zero-order valence-electron chi connectivity index (χ0n) is 11.1. The molecule has 3 nitrogen and oxygen atoms in total. The summed E-state index contributed by atoms with van der Waals surface area (Å²) in [7, 11) is 1.64. The summed E-state index contributed by atoms with van der Waals surface area (Å²) in [6.07, 6.45) is 1.16. The lowest BCUT2D eigenvalue weighted by atomic mass is 9.98. The fourth-order valence-electron chi connectivity index (χ4n) is 1.96. The van der Waals surface area contributed by atoms with E-state index in [1.165, 1.54) is 0 Å². The van der Waals surface area contributed by atoms with Gasteiger partial charge in [-0.05, 0) is 35.4 Å². The van der Waals surface area contributed by atoms with Crippen molar-refractivity contribution in [2.24, 2.45) is 0 Å². The van der Waals surface area contributed by atoms with Gasteiger partial charge in [0.1, 0.15) is 5.75 Å². The van der Waals surface area contributed by atoms with Gasteiger partial charge in [0.2, 0.25) is 0 Å². The second-order valence-corrected chi connectivity index (χ2v) is 4.30. The Morgan fingerprint density at radius 2 is 1.89 bits per heavy atom. The highest BCUT2D eigenvalue weighted by Crippen LogP contribution is 2.25. The normalized spacial score (nSPS) is 11.9. The molecule has 0 fully saturated rings. The van der Waals surface area contributed by atoms with Crippen LogP contribution in [0.25, 0.3) is 10.8 Å². The van der Waals surface area contributed by atoms with Gasteiger partial charge in [-0.3, -0.25) is 4.79 Å². The Bertz CT molecular complexity index is 616. The SMILES string of the molecule is C=COC(=O)[C@@H](C)c1ccc2cc(OC)ccc2c1. The van der Waals surface area contributed by atoms with Crippen LogP contribution in [0.3, 0.4) is 0 Å². The van der Waals surface area contributed by atoms with Gasteiger partial charge in [0.25, 0.3) is 0 Å². The van der Waals surface area contributed by atoms with Crippen LogP contribution in [0.15, 0.2) is 49.2 Å². The fraction of sp³-hybridized carbons (Fsp3) is 0.188. The summed E-state index contributed by atoms with van der Waals surface area (Å²) in [6.45, 7) is 5.20. The van der Waals surface area contributed by atoms with Gasteiger partial charge >= 0.3 is 5.97 Å². The van der Waals surface area contributed by atoms with E-state index >= 15 is 0 Å². The maximum absolute atomic E-state index is 11.7. The molecule has 0 amide bonds. The summed E-state index contributed by atoms with van der Waals surface area (Å²) in [4.78, 5) is 11.7. The van der Waals surface area contributed by atoms with Crippen LogP contribution in [0.1, 0.15) is 18.4 Å². The maximum Gasteiger partial charge on any atom is 0.317 e. The molecule has 98 valence electrons. The van der Waals surface area contributed by atoms with Gasteiger partial charge in [-0.1, -0.05) is 30.8 Å². The first-order valence-corrected chi connectivity index (χ1v) is 6.05. The first kappa shape index (κ1) is 13.1. The van der Waals surface area contributed by atoms with Gasteiger partial charge in [-0.25, -0.2) is 0 Å². The van der Waals surface area contributed by atoms with Crippen molar-refractivity contribution in [3.05, 3.63) is 54.8 Å². The molecule has 2 aromatic rings. The number of carbonyl (C=O) groups is 1. The number of benzene rings is 2. The fourth-order valence-corrected chi connectivity index (χ4v) is 1.96. The summed E-state index contributed by atoms with van der Waals surface area (Å²) in [5.74, 6) is 0.201. The summed E-state index contributed by atoms with van der Waals surface area (Å²) < 4.78 is 10.00. The minimum Gasteiger partial charge on any atom is -0.497 e. The first-order valence-electron chi connectivity index (χ1n) is 6.05. The lowest BCUT2D eigenvalue weighted by Gasteiger charge is -2.11. The Balaban J connectivity index is 2.36. The van der Waals surface area contributed by atoms with E-state index in [2.05, 4.69) is 6.58 Å². The van der Waals surface area contributed by atoms with Crippen molar-refractivity contribution in [3.8, 4) is 5.75 Å². The molecule has 0 N–H and O–H groups in total. The average Bonchev–Trinajstić information content (AvgIpc) is 2.45. The highest BCUT2D eigenvalue weighted by molar-refractivity contribution is 5.86. The topological polar surface area (TPSA) is 35.5 Å². The summed E-state index contributed by atoms with van der Waals surface area (Å²) in [5, 5.41) is 2.14. The number of esters is 1. The third-order valence-corrected chi connectivity index (χ3v) is 3.12. The van der Waals surface area contributed by atoms with Crippen LogP contribution in [-0.2, 0) is 9.53 Å².